The maximum absolute atomic E-state index is 13.1. The van der Waals surface area contributed by atoms with Crippen LogP contribution in [0.25, 0.3) is 11.8 Å². The van der Waals surface area contributed by atoms with Crippen LogP contribution in [0.2, 0.25) is 0 Å². The highest BCUT2D eigenvalue weighted by molar-refractivity contribution is 6.32. The quantitative estimate of drug-likeness (QED) is 0.641. The minimum Gasteiger partial charge on any atom is -0.295 e. The molecule has 0 aliphatic carbocycles. The number of aryl methyl sites for hydroxylation is 5. The van der Waals surface area contributed by atoms with Crippen LogP contribution in [-0.4, -0.2) is 21.4 Å². The summed E-state index contributed by atoms with van der Waals surface area (Å²) in [6.45, 7) is 11.7. The number of carbonyl (C=O) groups is 1. The number of hydrogen-bond donors (Lipinski definition) is 1. The van der Waals surface area contributed by atoms with Gasteiger partial charge in [0.15, 0.2) is 0 Å². The summed E-state index contributed by atoms with van der Waals surface area (Å²) in [5.41, 5.74) is 7.96. The predicted octanol–water partition coefficient (Wildman–Crippen LogP) is 4.51. The fourth-order valence-electron chi connectivity index (χ4n) is 3.64. The van der Waals surface area contributed by atoms with Crippen LogP contribution in [0, 0.1) is 34.6 Å². The van der Waals surface area contributed by atoms with Crippen molar-refractivity contribution < 1.29 is 4.79 Å². The number of aromatic amines is 1. The van der Waals surface area contributed by atoms with E-state index in [-0.39, 0.29) is 11.5 Å². The molecular weight excluding hydrogens is 388 g/mol. The van der Waals surface area contributed by atoms with Gasteiger partial charge in [0, 0.05) is 5.69 Å². The monoisotopic (exact) mass is 414 g/mol. The second-order valence-corrected chi connectivity index (χ2v) is 8.19. The molecular formula is C25H26N4O2. The van der Waals surface area contributed by atoms with Crippen LogP contribution in [-0.2, 0) is 4.79 Å². The van der Waals surface area contributed by atoms with Gasteiger partial charge in [0.05, 0.1) is 28.2 Å². The first-order valence-electron chi connectivity index (χ1n) is 10.3. The van der Waals surface area contributed by atoms with Crippen molar-refractivity contribution in [1.29, 1.82) is 0 Å². The molecule has 0 fully saturated rings. The van der Waals surface area contributed by atoms with E-state index in [2.05, 4.69) is 10.2 Å². The van der Waals surface area contributed by atoms with Crippen molar-refractivity contribution in [2.45, 2.75) is 41.5 Å². The molecule has 2 aromatic carbocycles. The van der Waals surface area contributed by atoms with Crippen molar-refractivity contribution in [2.24, 2.45) is 5.10 Å². The van der Waals surface area contributed by atoms with Gasteiger partial charge in [-0.2, -0.15) is 10.1 Å². The van der Waals surface area contributed by atoms with Gasteiger partial charge in [-0.3, -0.25) is 14.7 Å². The summed E-state index contributed by atoms with van der Waals surface area (Å²) in [5, 5.41) is 8.98. The normalized spacial score (nSPS) is 15.2. The molecule has 2 heterocycles. The Morgan fingerprint density at radius 1 is 0.806 bits per heavy atom. The molecule has 1 aliphatic heterocycles. The third-order valence-electron chi connectivity index (χ3n) is 5.95. The first-order valence-corrected chi connectivity index (χ1v) is 10.3. The van der Waals surface area contributed by atoms with Crippen LogP contribution in [0.4, 0.5) is 5.69 Å². The van der Waals surface area contributed by atoms with E-state index in [1.165, 1.54) is 9.69 Å². The molecule has 4 rings (SSSR count). The fraction of sp³-hybridized carbons (Fsp3) is 0.240. The van der Waals surface area contributed by atoms with E-state index in [1.807, 2.05) is 71.0 Å². The van der Waals surface area contributed by atoms with Crippen LogP contribution >= 0.6 is 0 Å². The number of nitrogens with zero attached hydrogens (tertiary/aromatic N) is 3. The van der Waals surface area contributed by atoms with E-state index in [0.29, 0.717) is 28.2 Å². The highest BCUT2D eigenvalue weighted by Gasteiger charge is 2.29. The van der Waals surface area contributed by atoms with Crippen molar-refractivity contribution in [3.8, 4) is 5.69 Å². The number of rotatable bonds is 3. The van der Waals surface area contributed by atoms with Gasteiger partial charge in [-0.15, -0.1) is 0 Å². The minimum atomic E-state index is -0.238. The van der Waals surface area contributed by atoms with Gasteiger partial charge >= 0.3 is 0 Å². The average Bonchev–Trinajstić information content (AvgIpc) is 3.17. The summed E-state index contributed by atoms with van der Waals surface area (Å²) in [4.78, 5) is 26.3. The van der Waals surface area contributed by atoms with Gasteiger partial charge in [0.25, 0.3) is 11.5 Å². The Labute approximate surface area is 181 Å². The molecule has 1 amide bonds. The number of hydrogen-bond acceptors (Lipinski definition) is 3. The van der Waals surface area contributed by atoms with Crippen molar-refractivity contribution >= 4 is 23.4 Å². The number of carbonyl (C=O) groups excluding carboxylic acids is 1. The van der Waals surface area contributed by atoms with E-state index in [4.69, 9.17) is 0 Å². The molecule has 158 valence electrons. The summed E-state index contributed by atoms with van der Waals surface area (Å²) in [7, 11) is 0. The largest absolute Gasteiger partial charge is 0.295 e. The molecule has 0 spiro atoms. The zero-order valence-corrected chi connectivity index (χ0v) is 18.7. The van der Waals surface area contributed by atoms with Crippen LogP contribution < -0.4 is 10.6 Å². The molecule has 6 heteroatoms. The Bertz CT molecular complexity index is 1340. The standard InChI is InChI=1S/C25H26N4O2/c1-14-7-9-20(11-16(14)3)28-24(30)22(18(5)26-28)13-23-19(6)27-29(25(23)31)21-10-8-15(2)17(4)12-21/h7-13,26H,1-6H3/b23-13-. The number of benzene rings is 2. The summed E-state index contributed by atoms with van der Waals surface area (Å²) in [5.74, 6) is -0.238. The minimum absolute atomic E-state index is 0.196. The second-order valence-electron chi connectivity index (χ2n) is 8.19. The number of anilines is 1. The molecule has 1 N–H and O–H groups in total. The lowest BCUT2D eigenvalue weighted by Crippen LogP contribution is -2.22. The Hall–Kier alpha value is -3.67. The first-order chi connectivity index (χ1) is 14.7. The highest BCUT2D eigenvalue weighted by atomic mass is 16.2. The van der Waals surface area contributed by atoms with Gasteiger partial charge in [-0.25, -0.2) is 4.68 Å². The van der Waals surface area contributed by atoms with E-state index in [1.54, 1.807) is 13.0 Å². The molecule has 31 heavy (non-hydrogen) atoms. The average molecular weight is 415 g/mol. The summed E-state index contributed by atoms with van der Waals surface area (Å²) in [6, 6.07) is 11.7. The third kappa shape index (κ3) is 3.54. The maximum atomic E-state index is 13.1. The zero-order chi connectivity index (χ0) is 22.4. The smallest absolute Gasteiger partial charge is 0.280 e. The Kier molecular flexibility index (Phi) is 5.01. The fourth-order valence-corrected chi connectivity index (χ4v) is 3.64. The second kappa shape index (κ2) is 7.54. The van der Waals surface area contributed by atoms with Crippen LogP contribution in [0.3, 0.4) is 0 Å². The van der Waals surface area contributed by atoms with Crippen molar-refractivity contribution in [3.63, 3.8) is 0 Å². The summed E-state index contributed by atoms with van der Waals surface area (Å²) >= 11 is 0. The van der Waals surface area contributed by atoms with Gasteiger partial charge in [-0.1, -0.05) is 12.1 Å². The molecule has 3 aromatic rings. The molecule has 0 atom stereocenters. The van der Waals surface area contributed by atoms with Crippen LogP contribution in [0.15, 0.2) is 51.9 Å². The van der Waals surface area contributed by atoms with Crippen molar-refractivity contribution in [1.82, 2.24) is 9.78 Å². The van der Waals surface area contributed by atoms with Gasteiger partial charge < -0.3 is 0 Å². The highest BCUT2D eigenvalue weighted by Crippen LogP contribution is 2.26. The molecule has 0 saturated heterocycles. The van der Waals surface area contributed by atoms with Crippen LogP contribution in [0.1, 0.15) is 40.4 Å². The molecule has 1 aromatic heterocycles. The van der Waals surface area contributed by atoms with Crippen molar-refractivity contribution in [2.75, 3.05) is 5.01 Å². The Balaban J connectivity index is 1.74. The zero-order valence-electron chi connectivity index (χ0n) is 18.7. The van der Waals surface area contributed by atoms with Gasteiger partial charge in [0.2, 0.25) is 0 Å². The summed E-state index contributed by atoms with van der Waals surface area (Å²) in [6.07, 6.45) is 1.65. The van der Waals surface area contributed by atoms with Crippen LogP contribution in [0.5, 0.6) is 0 Å². The number of nitrogens with one attached hydrogen (secondary N) is 1. The first kappa shape index (κ1) is 20.6. The number of aromatic nitrogens is 2. The molecule has 6 nitrogen and oxygen atoms in total. The van der Waals surface area contributed by atoms with E-state index in [0.717, 1.165) is 27.9 Å². The molecule has 0 unspecified atom stereocenters. The summed E-state index contributed by atoms with van der Waals surface area (Å²) < 4.78 is 1.52. The topological polar surface area (TPSA) is 70.5 Å². The lowest BCUT2D eigenvalue weighted by molar-refractivity contribution is -0.114. The SMILES string of the molecule is CC1=NN(c2ccc(C)c(C)c2)C(=O)/C1=C\c1c(C)[nH]n(-c2ccc(C)c(C)c2)c1=O. The molecule has 0 saturated carbocycles. The van der Waals surface area contributed by atoms with E-state index >= 15 is 0 Å². The number of H-pyrrole nitrogens is 1. The number of amides is 1. The molecule has 1 aliphatic rings. The molecule has 0 radical (unpaired) electrons. The van der Waals surface area contributed by atoms with E-state index < -0.39 is 0 Å². The van der Waals surface area contributed by atoms with Crippen molar-refractivity contribution in [3.05, 3.63) is 85.8 Å². The Morgan fingerprint density at radius 2 is 1.39 bits per heavy atom. The lowest BCUT2D eigenvalue weighted by atomic mass is 10.1. The third-order valence-corrected chi connectivity index (χ3v) is 5.95. The number of hydrazone groups is 1. The molecule has 0 bridgehead atoms. The van der Waals surface area contributed by atoms with Gasteiger partial charge in [0.1, 0.15) is 0 Å². The van der Waals surface area contributed by atoms with Gasteiger partial charge in [-0.05, 0) is 94.1 Å². The maximum Gasteiger partial charge on any atom is 0.280 e. The Morgan fingerprint density at radius 3 is 2.00 bits per heavy atom. The predicted molar refractivity (Wildman–Crippen MR) is 125 cm³/mol. The van der Waals surface area contributed by atoms with E-state index in [9.17, 15) is 9.59 Å². The lowest BCUT2D eigenvalue weighted by Gasteiger charge is -2.13.